The normalized spacial score (nSPS) is 20.9. The number of carbonyl (C=O) groups is 3. The van der Waals surface area contributed by atoms with E-state index in [1.54, 1.807) is 0 Å². The van der Waals surface area contributed by atoms with Gasteiger partial charge in [-0.15, -0.1) is 0 Å². The second-order valence-electron chi connectivity index (χ2n) is 10.7. The van der Waals surface area contributed by atoms with Gasteiger partial charge in [-0.1, -0.05) is 54.6 Å². The van der Waals surface area contributed by atoms with Crippen molar-refractivity contribution < 1.29 is 60.2 Å². The Bertz CT molecular complexity index is 1390. The standard InChI is InChI=1S/C27H30N3O2.2C2HF3O2/c31-27(26(22-9-3-1-4-10-22)29-23-11-5-2-6-12-23)32-25-20-30(17-14-21(25)15-18-30)19-24-13-7-8-16-28-24;2*3-2(4,5)1(6)7/h1-13,16,21,25-26,29H,14-15,17-20H2;2*(H,6,7)/q+1;;/p-1/t21?,25-,26?,30?;;/m0../s1. The molecule has 4 heterocycles. The van der Waals surface area contributed by atoms with Crippen LogP contribution in [0.25, 0.3) is 0 Å². The SMILES string of the molecule is O=C(O)C(F)(F)F.O=C(O[C@H]1C[N+]2(Cc3ccccn3)CCC1CC2)C(Nc1ccccc1)c1ccccc1.O=C([O-])C(F)(F)F. The van der Waals surface area contributed by atoms with E-state index in [1.807, 2.05) is 72.9 Å². The Morgan fingerprint density at radius 1 is 0.891 bits per heavy atom. The van der Waals surface area contributed by atoms with Crippen molar-refractivity contribution in [3.63, 3.8) is 0 Å². The minimum Gasteiger partial charge on any atom is -0.542 e. The zero-order valence-corrected chi connectivity index (χ0v) is 24.2. The fraction of sp³-hybridized carbons (Fsp3) is 0.355. The molecule has 2 atom stereocenters. The van der Waals surface area contributed by atoms with Gasteiger partial charge in [0.2, 0.25) is 0 Å². The predicted octanol–water partition coefficient (Wildman–Crippen LogP) is 4.52. The van der Waals surface area contributed by atoms with Gasteiger partial charge in [-0.25, -0.2) is 9.59 Å². The number of alkyl halides is 6. The molecule has 15 heteroatoms. The molecule has 9 nitrogen and oxygen atoms in total. The lowest BCUT2D eigenvalue weighted by Gasteiger charge is -2.52. The van der Waals surface area contributed by atoms with Crippen molar-refractivity contribution in [3.05, 3.63) is 96.3 Å². The Kier molecular flexibility index (Phi) is 12.1. The van der Waals surface area contributed by atoms with Gasteiger partial charge >= 0.3 is 24.3 Å². The Labute approximate surface area is 260 Å². The second kappa shape index (κ2) is 15.6. The molecule has 3 aromatic rings. The summed E-state index contributed by atoms with van der Waals surface area (Å²) in [5.41, 5.74) is 2.94. The zero-order chi connectivity index (χ0) is 34.0. The molecule has 3 fully saturated rings. The van der Waals surface area contributed by atoms with E-state index in [0.29, 0.717) is 5.92 Å². The van der Waals surface area contributed by atoms with Crippen molar-refractivity contribution in [2.75, 3.05) is 25.0 Å². The third-order valence-electron chi connectivity index (χ3n) is 7.46. The first kappa shape index (κ1) is 35.8. The van der Waals surface area contributed by atoms with Crippen molar-refractivity contribution >= 4 is 23.6 Å². The van der Waals surface area contributed by atoms with Crippen molar-refractivity contribution in [3.8, 4) is 0 Å². The molecule has 3 aliphatic rings. The maximum absolute atomic E-state index is 13.5. The summed E-state index contributed by atoms with van der Waals surface area (Å²) in [4.78, 5) is 35.7. The number of pyridine rings is 1. The van der Waals surface area contributed by atoms with E-state index < -0.39 is 30.3 Å². The van der Waals surface area contributed by atoms with Gasteiger partial charge in [-0.3, -0.25) is 4.98 Å². The number of ether oxygens (including phenoxy) is 1. The van der Waals surface area contributed by atoms with Crippen LogP contribution in [0.3, 0.4) is 0 Å². The predicted molar refractivity (Wildman–Crippen MR) is 149 cm³/mol. The van der Waals surface area contributed by atoms with Gasteiger partial charge in [0.25, 0.3) is 0 Å². The van der Waals surface area contributed by atoms with Gasteiger partial charge in [-0.2, -0.15) is 26.3 Å². The number of anilines is 1. The topological polar surface area (TPSA) is 129 Å². The van der Waals surface area contributed by atoms with Gasteiger partial charge < -0.3 is 29.5 Å². The van der Waals surface area contributed by atoms with Crippen LogP contribution in [0.5, 0.6) is 0 Å². The first-order valence-corrected chi connectivity index (χ1v) is 14.0. The number of para-hydroxylation sites is 1. The molecule has 0 saturated carbocycles. The quantitative estimate of drug-likeness (QED) is 0.216. The number of hydrogen-bond acceptors (Lipinski definition) is 7. The summed E-state index contributed by atoms with van der Waals surface area (Å²) in [5, 5.41) is 19.3. The van der Waals surface area contributed by atoms with Crippen LogP contribution in [0.2, 0.25) is 0 Å². The number of rotatable bonds is 7. The number of aromatic nitrogens is 1. The van der Waals surface area contributed by atoms with E-state index in [-0.39, 0.29) is 12.1 Å². The van der Waals surface area contributed by atoms with Crippen LogP contribution in [0.15, 0.2) is 85.1 Å². The fourth-order valence-electron chi connectivity index (χ4n) is 5.25. The Balaban J connectivity index is 0.000000345. The molecular weight excluding hydrogens is 624 g/mol. The highest BCUT2D eigenvalue weighted by molar-refractivity contribution is 5.81. The van der Waals surface area contributed by atoms with E-state index in [9.17, 15) is 31.1 Å². The Morgan fingerprint density at radius 3 is 1.89 bits per heavy atom. The maximum Gasteiger partial charge on any atom is 0.490 e. The first-order chi connectivity index (χ1) is 21.6. The molecule has 0 amide bonds. The van der Waals surface area contributed by atoms with E-state index in [0.717, 1.165) is 60.4 Å². The van der Waals surface area contributed by atoms with E-state index in [1.165, 1.54) is 0 Å². The van der Waals surface area contributed by atoms with Crippen LogP contribution < -0.4 is 10.4 Å². The molecule has 0 aliphatic carbocycles. The highest BCUT2D eigenvalue weighted by atomic mass is 19.4. The number of benzene rings is 2. The molecular formula is C31H31F6N3O6. The van der Waals surface area contributed by atoms with E-state index >= 15 is 0 Å². The van der Waals surface area contributed by atoms with Crippen molar-refractivity contribution in [2.45, 2.75) is 43.9 Å². The van der Waals surface area contributed by atoms with E-state index in [4.69, 9.17) is 24.5 Å². The molecule has 248 valence electrons. The van der Waals surface area contributed by atoms with Gasteiger partial charge in [0.05, 0.1) is 18.8 Å². The van der Waals surface area contributed by atoms with Gasteiger partial charge in [-0.05, 0) is 29.8 Å². The Morgan fingerprint density at radius 2 is 1.41 bits per heavy atom. The molecule has 3 saturated heterocycles. The second-order valence-corrected chi connectivity index (χ2v) is 10.7. The number of hydrogen-bond donors (Lipinski definition) is 2. The number of fused-ring (bicyclic) bond motifs is 3. The summed E-state index contributed by atoms with van der Waals surface area (Å²) >= 11 is 0. The van der Waals surface area contributed by atoms with Crippen molar-refractivity contribution in [1.82, 2.24) is 4.98 Å². The molecule has 2 aromatic carbocycles. The molecule has 2 bridgehead atoms. The minimum absolute atomic E-state index is 0.0440. The summed E-state index contributed by atoms with van der Waals surface area (Å²) in [5.74, 6) is -5.51. The molecule has 2 N–H and O–H groups in total. The lowest BCUT2D eigenvalue weighted by atomic mass is 9.83. The number of carboxylic acid groups (broad SMARTS) is 2. The van der Waals surface area contributed by atoms with Gasteiger partial charge in [0, 0.05) is 30.6 Å². The van der Waals surface area contributed by atoms with Crippen LogP contribution in [-0.2, 0) is 25.7 Å². The van der Waals surface area contributed by atoms with Crippen molar-refractivity contribution in [2.24, 2.45) is 5.92 Å². The number of carbonyl (C=O) groups excluding carboxylic acids is 2. The monoisotopic (exact) mass is 655 g/mol. The number of carboxylic acids is 2. The third kappa shape index (κ3) is 10.8. The maximum atomic E-state index is 13.5. The third-order valence-corrected chi connectivity index (χ3v) is 7.46. The number of halogens is 6. The zero-order valence-electron chi connectivity index (χ0n) is 24.2. The van der Waals surface area contributed by atoms with Crippen LogP contribution in [0.1, 0.15) is 30.1 Å². The summed E-state index contributed by atoms with van der Waals surface area (Å²) in [6.07, 6.45) is -6.25. The highest BCUT2D eigenvalue weighted by Crippen LogP contribution is 2.37. The smallest absolute Gasteiger partial charge is 0.490 e. The number of nitrogens with one attached hydrogen (secondary N) is 1. The molecule has 1 aromatic heterocycles. The summed E-state index contributed by atoms with van der Waals surface area (Å²) in [6.45, 7) is 4.06. The number of esters is 1. The molecule has 0 radical (unpaired) electrons. The van der Waals surface area contributed by atoms with Gasteiger partial charge in [0.15, 0.2) is 12.1 Å². The summed E-state index contributed by atoms with van der Waals surface area (Å²) < 4.78 is 70.5. The molecule has 1 unspecified atom stereocenters. The number of nitrogens with zero attached hydrogens (tertiary/aromatic N) is 2. The van der Waals surface area contributed by atoms with Crippen LogP contribution >= 0.6 is 0 Å². The minimum atomic E-state index is -5.19. The fourth-order valence-corrected chi connectivity index (χ4v) is 5.25. The molecule has 0 spiro atoms. The van der Waals surface area contributed by atoms with Gasteiger partial charge in [0.1, 0.15) is 19.1 Å². The number of aliphatic carboxylic acids is 2. The van der Waals surface area contributed by atoms with E-state index in [2.05, 4.69) is 22.4 Å². The van der Waals surface area contributed by atoms with Crippen LogP contribution in [-0.4, -0.2) is 70.6 Å². The molecule has 3 aliphatic heterocycles. The van der Waals surface area contributed by atoms with Crippen LogP contribution in [0, 0.1) is 5.92 Å². The summed E-state index contributed by atoms with van der Waals surface area (Å²) in [7, 11) is 0. The average molecular weight is 656 g/mol. The number of piperidine rings is 3. The lowest BCUT2D eigenvalue weighted by Crippen LogP contribution is -2.64. The summed E-state index contributed by atoms with van der Waals surface area (Å²) in [6, 6.07) is 25.3. The molecule has 46 heavy (non-hydrogen) atoms. The number of quaternary nitrogens is 1. The highest BCUT2D eigenvalue weighted by Gasteiger charge is 2.48. The van der Waals surface area contributed by atoms with Crippen molar-refractivity contribution in [1.29, 1.82) is 0 Å². The average Bonchev–Trinajstić information content (AvgIpc) is 3.01. The largest absolute Gasteiger partial charge is 0.542 e. The van der Waals surface area contributed by atoms with Crippen LogP contribution in [0.4, 0.5) is 32.0 Å². The Hall–Kier alpha value is -4.66. The lowest BCUT2D eigenvalue weighted by molar-refractivity contribution is -0.958. The molecule has 6 rings (SSSR count). The first-order valence-electron chi connectivity index (χ1n) is 14.0.